The SMILES string of the molecule is CCN1CCCC1CNC(=NC)NCCc1nc(C(C)C)no1. The lowest BCUT2D eigenvalue weighted by atomic mass is 10.2. The van der Waals surface area contributed by atoms with Gasteiger partial charge in [0, 0.05) is 38.5 Å². The van der Waals surface area contributed by atoms with Crippen LogP contribution < -0.4 is 10.6 Å². The number of likely N-dealkylation sites (N-methyl/N-ethyl adjacent to an activating group) is 1. The summed E-state index contributed by atoms with van der Waals surface area (Å²) in [6, 6.07) is 0.614. The van der Waals surface area contributed by atoms with Crippen LogP contribution in [0.25, 0.3) is 0 Å². The van der Waals surface area contributed by atoms with Crippen molar-refractivity contribution in [2.75, 3.05) is 33.2 Å². The van der Waals surface area contributed by atoms with Crippen molar-refractivity contribution < 1.29 is 4.52 Å². The molecule has 0 aromatic carbocycles. The van der Waals surface area contributed by atoms with E-state index in [1.165, 1.54) is 19.4 Å². The largest absolute Gasteiger partial charge is 0.356 e. The molecule has 1 aromatic rings. The normalized spacial score (nSPS) is 19.5. The van der Waals surface area contributed by atoms with Crippen molar-refractivity contribution in [2.24, 2.45) is 4.99 Å². The molecule has 1 atom stereocenters. The van der Waals surface area contributed by atoms with Gasteiger partial charge in [-0.05, 0) is 25.9 Å². The van der Waals surface area contributed by atoms with Gasteiger partial charge in [0.2, 0.25) is 5.89 Å². The van der Waals surface area contributed by atoms with Gasteiger partial charge in [-0.1, -0.05) is 25.9 Å². The number of hydrogen-bond donors (Lipinski definition) is 2. The van der Waals surface area contributed by atoms with E-state index >= 15 is 0 Å². The van der Waals surface area contributed by atoms with E-state index < -0.39 is 0 Å². The molecule has 0 aliphatic carbocycles. The Kier molecular flexibility index (Phi) is 6.83. The predicted octanol–water partition coefficient (Wildman–Crippen LogP) is 1.38. The molecule has 2 N–H and O–H groups in total. The molecular weight excluding hydrogens is 292 g/mol. The average Bonchev–Trinajstić information content (AvgIpc) is 3.19. The van der Waals surface area contributed by atoms with Crippen LogP contribution in [0.3, 0.4) is 0 Å². The van der Waals surface area contributed by atoms with Crippen LogP contribution in [-0.4, -0.2) is 60.3 Å². The van der Waals surface area contributed by atoms with Gasteiger partial charge in [-0.25, -0.2) is 0 Å². The minimum Gasteiger partial charge on any atom is -0.356 e. The van der Waals surface area contributed by atoms with E-state index in [0.29, 0.717) is 24.3 Å². The fourth-order valence-electron chi connectivity index (χ4n) is 2.87. The van der Waals surface area contributed by atoms with Crippen LogP contribution in [0.1, 0.15) is 51.2 Å². The highest BCUT2D eigenvalue weighted by molar-refractivity contribution is 5.79. The Bertz CT molecular complexity index is 499. The zero-order valence-corrected chi connectivity index (χ0v) is 14.8. The van der Waals surface area contributed by atoms with E-state index in [1.54, 1.807) is 7.05 Å². The molecule has 1 aliphatic heterocycles. The number of aromatic nitrogens is 2. The van der Waals surface area contributed by atoms with Crippen molar-refractivity contribution in [1.82, 2.24) is 25.7 Å². The summed E-state index contributed by atoms with van der Waals surface area (Å²) in [5.74, 6) is 2.56. The van der Waals surface area contributed by atoms with Gasteiger partial charge in [0.05, 0.1) is 0 Å². The van der Waals surface area contributed by atoms with Crippen LogP contribution >= 0.6 is 0 Å². The Balaban J connectivity index is 1.70. The molecule has 1 unspecified atom stereocenters. The van der Waals surface area contributed by atoms with Crippen LogP contribution in [0.15, 0.2) is 9.52 Å². The molecule has 0 spiro atoms. The van der Waals surface area contributed by atoms with Crippen molar-refractivity contribution in [3.63, 3.8) is 0 Å². The van der Waals surface area contributed by atoms with Gasteiger partial charge >= 0.3 is 0 Å². The predicted molar refractivity (Wildman–Crippen MR) is 91.7 cm³/mol. The highest BCUT2D eigenvalue weighted by Crippen LogP contribution is 2.15. The van der Waals surface area contributed by atoms with Gasteiger partial charge < -0.3 is 15.2 Å². The van der Waals surface area contributed by atoms with Crippen LogP contribution in [0.2, 0.25) is 0 Å². The Morgan fingerprint density at radius 2 is 2.26 bits per heavy atom. The molecule has 7 nitrogen and oxygen atoms in total. The Morgan fingerprint density at radius 1 is 1.43 bits per heavy atom. The number of guanidine groups is 1. The maximum absolute atomic E-state index is 5.24. The second-order valence-electron chi connectivity index (χ2n) is 6.26. The quantitative estimate of drug-likeness (QED) is 0.583. The molecule has 1 saturated heterocycles. The summed E-state index contributed by atoms with van der Waals surface area (Å²) in [5, 5.41) is 10.7. The minimum atomic E-state index is 0.294. The van der Waals surface area contributed by atoms with E-state index in [1.807, 2.05) is 0 Å². The molecule has 1 fully saturated rings. The van der Waals surface area contributed by atoms with Gasteiger partial charge in [-0.3, -0.25) is 9.89 Å². The maximum Gasteiger partial charge on any atom is 0.228 e. The molecule has 7 heteroatoms. The van der Waals surface area contributed by atoms with Crippen LogP contribution in [0.4, 0.5) is 0 Å². The van der Waals surface area contributed by atoms with Crippen molar-refractivity contribution >= 4 is 5.96 Å². The molecule has 130 valence electrons. The Hall–Kier alpha value is -1.63. The summed E-state index contributed by atoms with van der Waals surface area (Å²) in [7, 11) is 1.80. The first-order valence-electron chi connectivity index (χ1n) is 8.65. The van der Waals surface area contributed by atoms with Crippen LogP contribution in [0, 0.1) is 0 Å². The van der Waals surface area contributed by atoms with Gasteiger partial charge in [-0.15, -0.1) is 0 Å². The highest BCUT2D eigenvalue weighted by atomic mass is 16.5. The molecule has 1 aromatic heterocycles. The summed E-state index contributed by atoms with van der Waals surface area (Å²) in [6.45, 7) is 10.3. The summed E-state index contributed by atoms with van der Waals surface area (Å²) in [4.78, 5) is 11.2. The second-order valence-corrected chi connectivity index (χ2v) is 6.26. The highest BCUT2D eigenvalue weighted by Gasteiger charge is 2.22. The molecule has 0 radical (unpaired) electrons. The van der Waals surface area contributed by atoms with E-state index in [9.17, 15) is 0 Å². The maximum atomic E-state index is 5.24. The zero-order valence-electron chi connectivity index (χ0n) is 14.8. The Labute approximate surface area is 138 Å². The fraction of sp³-hybridized carbons (Fsp3) is 0.812. The van der Waals surface area contributed by atoms with Gasteiger partial charge in [0.1, 0.15) is 0 Å². The topological polar surface area (TPSA) is 78.6 Å². The van der Waals surface area contributed by atoms with E-state index in [2.05, 4.69) is 51.4 Å². The lowest BCUT2D eigenvalue weighted by Gasteiger charge is -2.23. The van der Waals surface area contributed by atoms with Crippen molar-refractivity contribution in [2.45, 2.75) is 52.0 Å². The molecule has 1 aliphatic rings. The number of hydrogen-bond acceptors (Lipinski definition) is 5. The molecular formula is C16H30N6O. The van der Waals surface area contributed by atoms with Crippen LogP contribution in [0.5, 0.6) is 0 Å². The van der Waals surface area contributed by atoms with Gasteiger partial charge in [0.25, 0.3) is 0 Å². The van der Waals surface area contributed by atoms with Crippen LogP contribution in [-0.2, 0) is 6.42 Å². The fourth-order valence-corrected chi connectivity index (χ4v) is 2.87. The third-order valence-electron chi connectivity index (χ3n) is 4.27. The van der Waals surface area contributed by atoms with Crippen molar-refractivity contribution in [1.29, 1.82) is 0 Å². The first-order valence-corrected chi connectivity index (χ1v) is 8.65. The zero-order chi connectivity index (χ0) is 16.7. The molecule has 0 bridgehead atoms. The third kappa shape index (κ3) is 5.20. The molecule has 2 rings (SSSR count). The number of nitrogens with one attached hydrogen (secondary N) is 2. The molecule has 2 heterocycles. The number of nitrogens with zero attached hydrogens (tertiary/aromatic N) is 4. The number of aliphatic imine (C=N–C) groups is 1. The van der Waals surface area contributed by atoms with Crippen molar-refractivity contribution in [3.8, 4) is 0 Å². The van der Waals surface area contributed by atoms with Gasteiger partial charge in [-0.2, -0.15) is 4.98 Å². The monoisotopic (exact) mass is 322 g/mol. The molecule has 0 saturated carbocycles. The Morgan fingerprint density at radius 3 is 2.91 bits per heavy atom. The van der Waals surface area contributed by atoms with Gasteiger partial charge in [0.15, 0.2) is 11.8 Å². The first-order chi connectivity index (χ1) is 11.1. The van der Waals surface area contributed by atoms with E-state index in [4.69, 9.17) is 4.52 Å². The third-order valence-corrected chi connectivity index (χ3v) is 4.27. The van der Waals surface area contributed by atoms with Crippen molar-refractivity contribution in [3.05, 3.63) is 11.7 Å². The summed E-state index contributed by atoms with van der Waals surface area (Å²) >= 11 is 0. The smallest absolute Gasteiger partial charge is 0.228 e. The standard InChI is InChI=1S/C16H30N6O/c1-5-22-10-6-7-13(22)11-19-16(17-4)18-9-8-14-20-15(12(2)3)21-23-14/h12-13H,5-11H2,1-4H3,(H2,17,18,19). The molecule has 0 amide bonds. The molecule has 23 heavy (non-hydrogen) atoms. The van der Waals surface area contributed by atoms with E-state index in [-0.39, 0.29) is 0 Å². The number of rotatable bonds is 7. The minimum absolute atomic E-state index is 0.294. The lowest BCUT2D eigenvalue weighted by Crippen LogP contribution is -2.45. The lowest BCUT2D eigenvalue weighted by molar-refractivity contribution is 0.267. The number of likely N-dealkylation sites (tertiary alicyclic amines) is 1. The van der Waals surface area contributed by atoms with E-state index in [0.717, 1.165) is 31.4 Å². The first kappa shape index (κ1) is 17.7. The second kappa shape index (κ2) is 8.86. The summed E-state index contributed by atoms with van der Waals surface area (Å²) < 4.78 is 5.24. The summed E-state index contributed by atoms with van der Waals surface area (Å²) in [6.07, 6.45) is 3.25. The average molecular weight is 322 g/mol. The summed E-state index contributed by atoms with van der Waals surface area (Å²) in [5.41, 5.74) is 0.